The maximum Gasteiger partial charge on any atom is 0.0691 e. The topological polar surface area (TPSA) is 38.5 Å². The average molecular weight is 280 g/mol. The third kappa shape index (κ3) is 1.97. The molecule has 106 valence electrons. The summed E-state index contributed by atoms with van der Waals surface area (Å²) in [6.07, 6.45) is 1.49. The van der Waals surface area contributed by atoms with Crippen molar-refractivity contribution in [2.75, 3.05) is 20.2 Å². The Balaban J connectivity index is 1.68. The maximum absolute atomic E-state index is 6.78. The van der Waals surface area contributed by atoms with Crippen molar-refractivity contribution < 1.29 is 4.74 Å². The summed E-state index contributed by atoms with van der Waals surface area (Å²) in [6.45, 7) is 7.33. The Kier molecular flexibility index (Phi) is 3.25. The molecule has 2 heterocycles. The smallest absolute Gasteiger partial charge is 0.0691 e. The fourth-order valence-electron chi connectivity index (χ4n) is 3.99. The van der Waals surface area contributed by atoms with Crippen molar-refractivity contribution >= 4 is 11.3 Å². The van der Waals surface area contributed by atoms with E-state index in [1.165, 1.54) is 5.56 Å². The number of rotatable bonds is 4. The van der Waals surface area contributed by atoms with Crippen LogP contribution < -0.4 is 5.73 Å². The third-order valence-corrected chi connectivity index (χ3v) is 5.96. The van der Waals surface area contributed by atoms with Crippen LogP contribution in [0.15, 0.2) is 16.8 Å². The Labute approximate surface area is 119 Å². The van der Waals surface area contributed by atoms with Gasteiger partial charge in [0.2, 0.25) is 0 Å². The highest BCUT2D eigenvalue weighted by atomic mass is 32.1. The lowest BCUT2D eigenvalue weighted by Gasteiger charge is -2.63. The maximum atomic E-state index is 6.78. The van der Waals surface area contributed by atoms with Crippen LogP contribution in [-0.4, -0.2) is 36.7 Å². The normalized spacial score (nSPS) is 36.3. The molecule has 0 radical (unpaired) electrons. The molecule has 3 atom stereocenters. The van der Waals surface area contributed by atoms with Gasteiger partial charge in [-0.2, -0.15) is 11.3 Å². The molecule has 1 saturated heterocycles. The van der Waals surface area contributed by atoms with E-state index in [0.717, 1.165) is 26.1 Å². The summed E-state index contributed by atoms with van der Waals surface area (Å²) in [5.74, 6) is 0.535. The van der Waals surface area contributed by atoms with Crippen molar-refractivity contribution in [2.45, 2.75) is 38.5 Å². The lowest BCUT2D eigenvalue weighted by Crippen LogP contribution is -2.77. The van der Waals surface area contributed by atoms with Gasteiger partial charge in [-0.1, -0.05) is 13.8 Å². The Bertz CT molecular complexity index is 445. The minimum absolute atomic E-state index is 0.0804. The quantitative estimate of drug-likeness (QED) is 0.920. The van der Waals surface area contributed by atoms with Gasteiger partial charge < -0.3 is 15.4 Å². The lowest BCUT2D eigenvalue weighted by atomic mass is 9.48. The van der Waals surface area contributed by atoms with E-state index in [9.17, 15) is 0 Å². The zero-order valence-electron chi connectivity index (χ0n) is 12.1. The Morgan fingerprint density at radius 1 is 1.53 bits per heavy atom. The number of nitrogens with zero attached hydrogens (tertiary/aromatic N) is 1. The van der Waals surface area contributed by atoms with Gasteiger partial charge in [0.1, 0.15) is 0 Å². The molecule has 3 unspecified atom stereocenters. The predicted molar refractivity (Wildman–Crippen MR) is 79.2 cm³/mol. The first-order chi connectivity index (χ1) is 8.95. The molecule has 2 N–H and O–H groups in total. The molecule has 1 aromatic heterocycles. The van der Waals surface area contributed by atoms with Gasteiger partial charge in [-0.3, -0.25) is 0 Å². The van der Waals surface area contributed by atoms with E-state index in [0.29, 0.717) is 12.0 Å². The molecule has 0 bridgehead atoms. The molecule has 0 aromatic carbocycles. The summed E-state index contributed by atoms with van der Waals surface area (Å²) in [6, 6.07) is 2.19. The van der Waals surface area contributed by atoms with Crippen LogP contribution in [0.5, 0.6) is 0 Å². The molecule has 0 spiro atoms. The fourth-order valence-corrected chi connectivity index (χ4v) is 4.65. The first-order valence-corrected chi connectivity index (χ1v) is 7.99. The first kappa shape index (κ1) is 13.6. The Hall–Kier alpha value is -0.420. The summed E-state index contributed by atoms with van der Waals surface area (Å²) in [5, 5.41) is 4.35. The second-order valence-corrected chi connectivity index (χ2v) is 7.53. The standard InChI is InChI=1S/C15H24N2OS/c1-14(2)13-12(4-6-18-13)15(14,16)10-17(3)8-11-5-7-19-9-11/h5,7,9,12-13H,4,6,8,10,16H2,1-3H3. The van der Waals surface area contributed by atoms with Crippen LogP contribution in [0.2, 0.25) is 0 Å². The zero-order chi connectivity index (χ0) is 13.7. The average Bonchev–Trinajstić information content (AvgIpc) is 2.97. The van der Waals surface area contributed by atoms with E-state index in [1.807, 2.05) is 0 Å². The zero-order valence-corrected chi connectivity index (χ0v) is 12.9. The number of ether oxygens (including phenoxy) is 1. The highest BCUT2D eigenvalue weighted by molar-refractivity contribution is 7.07. The number of likely N-dealkylation sites (N-methyl/N-ethyl adjacent to an activating group) is 1. The van der Waals surface area contributed by atoms with Crippen molar-refractivity contribution in [1.29, 1.82) is 0 Å². The summed E-state index contributed by atoms with van der Waals surface area (Å²) in [4.78, 5) is 2.36. The Morgan fingerprint density at radius 3 is 3.00 bits per heavy atom. The highest BCUT2D eigenvalue weighted by Gasteiger charge is 2.67. The molecule has 2 aliphatic rings. The van der Waals surface area contributed by atoms with Crippen molar-refractivity contribution in [3.8, 4) is 0 Å². The number of fused-ring (bicyclic) bond motifs is 1. The van der Waals surface area contributed by atoms with Crippen molar-refractivity contribution in [2.24, 2.45) is 17.1 Å². The minimum atomic E-state index is -0.112. The van der Waals surface area contributed by atoms with E-state index >= 15 is 0 Å². The van der Waals surface area contributed by atoms with E-state index in [1.54, 1.807) is 11.3 Å². The third-order valence-electron chi connectivity index (χ3n) is 5.23. The molecule has 2 fully saturated rings. The highest BCUT2D eigenvalue weighted by Crippen LogP contribution is 2.58. The molecule has 19 heavy (non-hydrogen) atoms. The largest absolute Gasteiger partial charge is 0.377 e. The van der Waals surface area contributed by atoms with Gasteiger partial charge in [0.05, 0.1) is 6.10 Å². The van der Waals surface area contributed by atoms with Crippen LogP contribution in [0.4, 0.5) is 0 Å². The van der Waals surface area contributed by atoms with E-state index < -0.39 is 0 Å². The minimum Gasteiger partial charge on any atom is -0.377 e. The van der Waals surface area contributed by atoms with Crippen LogP contribution in [0, 0.1) is 11.3 Å². The molecule has 1 aliphatic heterocycles. The van der Waals surface area contributed by atoms with E-state index in [4.69, 9.17) is 10.5 Å². The van der Waals surface area contributed by atoms with Gasteiger partial charge in [-0.25, -0.2) is 0 Å². The van der Waals surface area contributed by atoms with Crippen LogP contribution in [0.3, 0.4) is 0 Å². The van der Waals surface area contributed by atoms with Crippen LogP contribution >= 0.6 is 11.3 Å². The monoisotopic (exact) mass is 280 g/mol. The summed E-state index contributed by atoms with van der Waals surface area (Å²) in [7, 11) is 2.17. The predicted octanol–water partition coefficient (Wildman–Crippen LogP) is 2.32. The Morgan fingerprint density at radius 2 is 2.32 bits per heavy atom. The summed E-state index contributed by atoms with van der Waals surface area (Å²) < 4.78 is 5.85. The van der Waals surface area contributed by atoms with Gasteiger partial charge in [0, 0.05) is 36.6 Å². The first-order valence-electron chi connectivity index (χ1n) is 7.05. The van der Waals surface area contributed by atoms with Gasteiger partial charge in [0.15, 0.2) is 0 Å². The van der Waals surface area contributed by atoms with E-state index in [2.05, 4.69) is 42.6 Å². The molecule has 0 amide bonds. The molecule has 3 nitrogen and oxygen atoms in total. The fraction of sp³-hybridized carbons (Fsp3) is 0.733. The van der Waals surface area contributed by atoms with Gasteiger partial charge >= 0.3 is 0 Å². The number of nitrogens with two attached hydrogens (primary N) is 1. The van der Waals surface area contributed by atoms with Gasteiger partial charge in [0.25, 0.3) is 0 Å². The SMILES string of the molecule is CN(Cc1ccsc1)CC1(N)C2CCOC2C1(C)C. The van der Waals surface area contributed by atoms with Crippen molar-refractivity contribution in [1.82, 2.24) is 4.90 Å². The molecule has 4 heteroatoms. The second-order valence-electron chi connectivity index (χ2n) is 6.75. The van der Waals surface area contributed by atoms with Crippen molar-refractivity contribution in [3.05, 3.63) is 22.4 Å². The summed E-state index contributed by atoms with van der Waals surface area (Å²) >= 11 is 1.76. The number of thiophene rings is 1. The molecule has 1 aromatic rings. The van der Waals surface area contributed by atoms with Crippen LogP contribution in [-0.2, 0) is 11.3 Å². The molecular formula is C15H24N2OS. The number of hydrogen-bond acceptors (Lipinski definition) is 4. The van der Waals surface area contributed by atoms with Crippen LogP contribution in [0.1, 0.15) is 25.8 Å². The number of hydrogen-bond donors (Lipinski definition) is 1. The van der Waals surface area contributed by atoms with Crippen molar-refractivity contribution in [3.63, 3.8) is 0 Å². The van der Waals surface area contributed by atoms with Gasteiger partial charge in [-0.15, -0.1) is 0 Å². The molecule has 1 saturated carbocycles. The van der Waals surface area contributed by atoms with E-state index in [-0.39, 0.29) is 11.0 Å². The molecule has 3 rings (SSSR count). The van der Waals surface area contributed by atoms with Gasteiger partial charge in [-0.05, 0) is 35.9 Å². The lowest BCUT2D eigenvalue weighted by molar-refractivity contribution is -0.162. The van der Waals surface area contributed by atoms with Crippen LogP contribution in [0.25, 0.3) is 0 Å². The second kappa shape index (κ2) is 4.55. The summed E-state index contributed by atoms with van der Waals surface area (Å²) in [5.41, 5.74) is 8.13. The molecule has 1 aliphatic carbocycles. The molecular weight excluding hydrogens is 256 g/mol.